The van der Waals surface area contributed by atoms with Crippen LogP contribution in [-0.2, 0) is 4.79 Å². The first-order chi connectivity index (χ1) is 12.6. The van der Waals surface area contributed by atoms with Gasteiger partial charge in [-0.1, -0.05) is 48.0 Å². The number of amides is 1. The number of nitrogens with zero attached hydrogens (tertiary/aromatic N) is 3. The van der Waals surface area contributed by atoms with Gasteiger partial charge < -0.3 is 10.6 Å². The lowest BCUT2D eigenvalue weighted by Crippen LogP contribution is -2.31. The summed E-state index contributed by atoms with van der Waals surface area (Å²) in [4.78, 5) is 17.3. The highest BCUT2D eigenvalue weighted by molar-refractivity contribution is 6.31. The third kappa shape index (κ3) is 2.84. The minimum Gasteiger partial charge on any atom is -0.328 e. The van der Waals surface area contributed by atoms with Crippen LogP contribution in [0.4, 0.5) is 11.6 Å². The van der Waals surface area contributed by atoms with E-state index in [1.165, 1.54) is 6.33 Å². The maximum absolute atomic E-state index is 13.1. The molecule has 1 aromatic heterocycles. The van der Waals surface area contributed by atoms with Gasteiger partial charge in [0.15, 0.2) is 0 Å². The number of fused-ring (bicyclic) bond motifs is 1. The van der Waals surface area contributed by atoms with Crippen molar-refractivity contribution < 1.29 is 4.79 Å². The van der Waals surface area contributed by atoms with Gasteiger partial charge in [-0.25, -0.2) is 4.68 Å². The SMILES string of the molecule is CC1=C(C(=O)Nc2ccccc2)[C@@H](c2ccccc2Cl)n2ncnc2N1. The smallest absolute Gasteiger partial charge is 0.255 e. The van der Waals surface area contributed by atoms with Gasteiger partial charge in [0.05, 0.1) is 5.57 Å². The normalized spacial score (nSPS) is 16.0. The Kier molecular flexibility index (Phi) is 4.18. The van der Waals surface area contributed by atoms with Crippen LogP contribution in [0, 0.1) is 0 Å². The second-order valence-electron chi connectivity index (χ2n) is 5.94. The molecule has 0 unspecified atom stereocenters. The first-order valence-corrected chi connectivity index (χ1v) is 8.51. The van der Waals surface area contributed by atoms with E-state index in [1.54, 1.807) is 10.7 Å². The molecule has 0 spiro atoms. The van der Waals surface area contributed by atoms with Crippen molar-refractivity contribution in [3.8, 4) is 0 Å². The van der Waals surface area contributed by atoms with Gasteiger partial charge in [-0.3, -0.25) is 4.79 Å². The number of halogens is 1. The Hall–Kier alpha value is -3.12. The van der Waals surface area contributed by atoms with Crippen LogP contribution in [0.15, 0.2) is 72.2 Å². The minimum atomic E-state index is -0.467. The Labute approximate surface area is 155 Å². The minimum absolute atomic E-state index is 0.215. The Bertz CT molecular complexity index is 996. The van der Waals surface area contributed by atoms with Crippen LogP contribution in [-0.4, -0.2) is 20.7 Å². The van der Waals surface area contributed by atoms with Gasteiger partial charge >= 0.3 is 0 Å². The summed E-state index contributed by atoms with van der Waals surface area (Å²) in [5, 5.41) is 11.0. The van der Waals surface area contributed by atoms with Crippen molar-refractivity contribution in [3.05, 3.63) is 82.8 Å². The zero-order chi connectivity index (χ0) is 18.1. The molecule has 4 rings (SSSR count). The molecule has 2 aromatic carbocycles. The number of carbonyl (C=O) groups is 1. The van der Waals surface area contributed by atoms with E-state index in [0.29, 0.717) is 22.2 Å². The molecule has 2 N–H and O–H groups in total. The monoisotopic (exact) mass is 365 g/mol. The van der Waals surface area contributed by atoms with Crippen LogP contribution in [0.2, 0.25) is 5.02 Å². The van der Waals surface area contributed by atoms with Crippen LogP contribution in [0.25, 0.3) is 0 Å². The molecule has 1 atom stereocenters. The summed E-state index contributed by atoms with van der Waals surface area (Å²) in [7, 11) is 0. The molecule has 6 nitrogen and oxygen atoms in total. The maximum Gasteiger partial charge on any atom is 0.255 e. The number of anilines is 2. The zero-order valence-electron chi connectivity index (χ0n) is 14.0. The number of hydrogen-bond donors (Lipinski definition) is 2. The fraction of sp³-hybridized carbons (Fsp3) is 0.105. The quantitative estimate of drug-likeness (QED) is 0.739. The molecule has 130 valence electrons. The fourth-order valence-electron chi connectivity index (χ4n) is 3.09. The van der Waals surface area contributed by atoms with E-state index < -0.39 is 6.04 Å². The van der Waals surface area contributed by atoms with E-state index in [-0.39, 0.29) is 5.91 Å². The van der Waals surface area contributed by atoms with Crippen molar-refractivity contribution in [3.63, 3.8) is 0 Å². The second kappa shape index (κ2) is 6.65. The van der Waals surface area contributed by atoms with Crippen LogP contribution in [0.5, 0.6) is 0 Å². The van der Waals surface area contributed by atoms with E-state index in [9.17, 15) is 4.79 Å². The fourth-order valence-corrected chi connectivity index (χ4v) is 3.33. The third-order valence-corrected chi connectivity index (χ3v) is 4.61. The molecule has 7 heteroatoms. The molecule has 0 bridgehead atoms. The standard InChI is InChI=1S/C19H16ClN5O/c1-12-16(18(26)24-13-7-3-2-4-8-13)17(14-9-5-6-10-15(14)20)25-19(23-12)21-11-22-25/h2-11,17H,1H3,(H,24,26)(H,21,22,23)/t17-/m1/s1. The highest BCUT2D eigenvalue weighted by atomic mass is 35.5. The van der Waals surface area contributed by atoms with Crippen molar-refractivity contribution in [2.24, 2.45) is 0 Å². The second-order valence-corrected chi connectivity index (χ2v) is 6.34. The molecule has 0 saturated heterocycles. The van der Waals surface area contributed by atoms with Crippen LogP contribution < -0.4 is 10.6 Å². The molecule has 0 saturated carbocycles. The van der Waals surface area contributed by atoms with Crippen molar-refractivity contribution >= 4 is 29.1 Å². The number of nitrogens with one attached hydrogen (secondary N) is 2. The van der Waals surface area contributed by atoms with Crippen molar-refractivity contribution in [2.45, 2.75) is 13.0 Å². The van der Waals surface area contributed by atoms with Gasteiger partial charge in [-0.15, -0.1) is 0 Å². The number of para-hydroxylation sites is 1. The first-order valence-electron chi connectivity index (χ1n) is 8.13. The Morgan fingerprint density at radius 1 is 1.15 bits per heavy atom. The highest BCUT2D eigenvalue weighted by Crippen LogP contribution is 2.37. The Balaban J connectivity index is 1.80. The number of allylic oxidation sites excluding steroid dienone is 1. The molecule has 0 fully saturated rings. The lowest BCUT2D eigenvalue weighted by Gasteiger charge is -2.29. The molecule has 3 aromatic rings. The summed E-state index contributed by atoms with van der Waals surface area (Å²) in [6.45, 7) is 1.85. The van der Waals surface area contributed by atoms with Gasteiger partial charge in [-0.05, 0) is 25.1 Å². The summed E-state index contributed by atoms with van der Waals surface area (Å²) in [6.07, 6.45) is 1.46. The largest absolute Gasteiger partial charge is 0.328 e. The van der Waals surface area contributed by atoms with E-state index in [0.717, 1.165) is 11.3 Å². The highest BCUT2D eigenvalue weighted by Gasteiger charge is 2.34. The predicted octanol–water partition coefficient (Wildman–Crippen LogP) is 3.86. The van der Waals surface area contributed by atoms with E-state index in [4.69, 9.17) is 11.6 Å². The molecule has 26 heavy (non-hydrogen) atoms. The summed E-state index contributed by atoms with van der Waals surface area (Å²) < 4.78 is 1.67. The molecule has 0 radical (unpaired) electrons. The molecule has 2 heterocycles. The van der Waals surface area contributed by atoms with Crippen LogP contribution in [0.1, 0.15) is 18.5 Å². The van der Waals surface area contributed by atoms with Gasteiger partial charge in [0.25, 0.3) is 5.91 Å². The van der Waals surface area contributed by atoms with Gasteiger partial charge in [0.1, 0.15) is 12.4 Å². The maximum atomic E-state index is 13.1. The lowest BCUT2D eigenvalue weighted by molar-refractivity contribution is -0.113. The van der Waals surface area contributed by atoms with Gasteiger partial charge in [0.2, 0.25) is 5.95 Å². The Morgan fingerprint density at radius 2 is 1.88 bits per heavy atom. The third-order valence-electron chi connectivity index (χ3n) is 4.27. The summed E-state index contributed by atoms with van der Waals surface area (Å²) in [5.74, 6) is 0.357. The van der Waals surface area contributed by atoms with Crippen molar-refractivity contribution in [2.75, 3.05) is 10.6 Å². The number of carbonyl (C=O) groups excluding carboxylic acids is 1. The topological polar surface area (TPSA) is 71.8 Å². The van der Waals surface area contributed by atoms with Crippen molar-refractivity contribution in [1.29, 1.82) is 0 Å². The Morgan fingerprint density at radius 3 is 2.65 bits per heavy atom. The van der Waals surface area contributed by atoms with Crippen LogP contribution in [0.3, 0.4) is 0 Å². The molecule has 0 aliphatic carbocycles. The van der Waals surface area contributed by atoms with E-state index in [1.807, 2.05) is 55.5 Å². The average Bonchev–Trinajstić information content (AvgIpc) is 3.10. The summed E-state index contributed by atoms with van der Waals surface area (Å²) in [5.41, 5.74) is 2.77. The lowest BCUT2D eigenvalue weighted by atomic mass is 9.95. The number of hydrogen-bond acceptors (Lipinski definition) is 4. The number of rotatable bonds is 3. The van der Waals surface area contributed by atoms with Gasteiger partial charge in [-0.2, -0.15) is 10.1 Å². The zero-order valence-corrected chi connectivity index (χ0v) is 14.7. The first kappa shape index (κ1) is 16.4. The summed E-state index contributed by atoms with van der Waals surface area (Å²) in [6, 6.07) is 16.3. The molecule has 1 aliphatic heterocycles. The predicted molar refractivity (Wildman–Crippen MR) is 101 cm³/mol. The van der Waals surface area contributed by atoms with Gasteiger partial charge in [0, 0.05) is 22.0 Å². The van der Waals surface area contributed by atoms with Crippen molar-refractivity contribution in [1.82, 2.24) is 14.8 Å². The summed E-state index contributed by atoms with van der Waals surface area (Å²) >= 11 is 6.43. The van der Waals surface area contributed by atoms with E-state index >= 15 is 0 Å². The molecule has 1 aliphatic rings. The van der Waals surface area contributed by atoms with E-state index in [2.05, 4.69) is 20.7 Å². The molecular weight excluding hydrogens is 350 g/mol. The average molecular weight is 366 g/mol. The molecular formula is C19H16ClN5O. The molecule has 1 amide bonds. The number of aromatic nitrogens is 3. The van der Waals surface area contributed by atoms with Crippen LogP contribution >= 0.6 is 11.6 Å². The number of benzene rings is 2.